The molecule has 2 heterocycles. The third-order valence-corrected chi connectivity index (χ3v) is 4.17. The number of nitro groups is 1. The summed E-state index contributed by atoms with van der Waals surface area (Å²) in [5, 5.41) is 15.3. The highest BCUT2D eigenvalue weighted by Gasteiger charge is 2.24. The zero-order valence-corrected chi connectivity index (χ0v) is 13.3. The van der Waals surface area contributed by atoms with Gasteiger partial charge in [-0.1, -0.05) is 42.5 Å². The Labute approximate surface area is 143 Å². The summed E-state index contributed by atoms with van der Waals surface area (Å²) in [6.07, 6.45) is 0.728. The highest BCUT2D eigenvalue weighted by Crippen LogP contribution is 2.31. The number of rotatable bonds is 4. The maximum Gasteiger partial charge on any atom is 0.270 e. The number of furan rings is 1. The van der Waals surface area contributed by atoms with E-state index in [9.17, 15) is 10.1 Å². The number of nitro benzene ring substituents is 1. The van der Waals surface area contributed by atoms with Gasteiger partial charge in [-0.2, -0.15) is 5.10 Å². The van der Waals surface area contributed by atoms with Crippen molar-refractivity contribution in [3.63, 3.8) is 0 Å². The van der Waals surface area contributed by atoms with Crippen LogP contribution in [0.2, 0.25) is 0 Å². The van der Waals surface area contributed by atoms with Gasteiger partial charge < -0.3 is 4.42 Å². The van der Waals surface area contributed by atoms with Crippen LogP contribution in [0.15, 0.2) is 76.2 Å². The van der Waals surface area contributed by atoms with Crippen molar-refractivity contribution >= 4 is 11.4 Å². The van der Waals surface area contributed by atoms with Crippen LogP contribution in [0.3, 0.4) is 0 Å². The Morgan fingerprint density at radius 3 is 2.64 bits per heavy atom. The van der Waals surface area contributed by atoms with Gasteiger partial charge in [0.2, 0.25) is 0 Å². The molecule has 6 nitrogen and oxygen atoms in total. The maximum absolute atomic E-state index is 10.9. The van der Waals surface area contributed by atoms with Crippen LogP contribution >= 0.6 is 0 Å². The molecule has 0 aliphatic carbocycles. The van der Waals surface area contributed by atoms with Crippen molar-refractivity contribution in [2.45, 2.75) is 12.5 Å². The number of nitrogens with zero attached hydrogens (tertiary/aromatic N) is 2. The minimum Gasteiger partial charge on any atom is -0.459 e. The van der Waals surface area contributed by atoms with E-state index in [1.807, 2.05) is 42.5 Å². The van der Waals surface area contributed by atoms with E-state index in [1.54, 1.807) is 12.1 Å². The minimum atomic E-state index is -0.411. The van der Waals surface area contributed by atoms with Crippen molar-refractivity contribution < 1.29 is 9.34 Å². The molecule has 0 saturated carbocycles. The molecule has 1 aromatic heterocycles. The quantitative estimate of drug-likeness (QED) is 0.570. The lowest BCUT2D eigenvalue weighted by atomic mass is 10.0. The number of benzene rings is 2. The van der Waals surface area contributed by atoms with E-state index in [2.05, 4.69) is 10.5 Å². The fraction of sp³-hybridized carbons (Fsp3) is 0.105. The Morgan fingerprint density at radius 2 is 1.84 bits per heavy atom. The molecule has 6 heteroatoms. The summed E-state index contributed by atoms with van der Waals surface area (Å²) in [7, 11) is 0. The predicted octanol–water partition coefficient (Wildman–Crippen LogP) is 4.29. The fourth-order valence-corrected chi connectivity index (χ4v) is 2.89. The maximum atomic E-state index is 10.9. The first kappa shape index (κ1) is 15.1. The highest BCUT2D eigenvalue weighted by molar-refractivity contribution is 6.01. The monoisotopic (exact) mass is 333 g/mol. The van der Waals surface area contributed by atoms with Crippen LogP contribution in [0, 0.1) is 10.1 Å². The molecule has 2 aromatic carbocycles. The van der Waals surface area contributed by atoms with Crippen LogP contribution in [0.1, 0.15) is 23.8 Å². The molecule has 1 unspecified atom stereocenters. The molecule has 1 aliphatic heterocycles. The zero-order chi connectivity index (χ0) is 17.2. The second kappa shape index (κ2) is 6.24. The van der Waals surface area contributed by atoms with Gasteiger partial charge in [0.1, 0.15) is 17.6 Å². The molecule has 3 aromatic rings. The Bertz CT molecular complexity index is 947. The van der Waals surface area contributed by atoms with Gasteiger partial charge in [-0.25, -0.2) is 0 Å². The topological polar surface area (TPSA) is 80.7 Å². The van der Waals surface area contributed by atoms with Crippen molar-refractivity contribution in [3.8, 4) is 11.3 Å². The van der Waals surface area contributed by atoms with E-state index >= 15 is 0 Å². The SMILES string of the molecule is O=[N+]([O-])c1cccc(-c2ccc(C3CC(c4ccccc4)=NN3)o2)c1. The Hall–Kier alpha value is -3.41. The standard InChI is InChI=1S/C19H15N3O3/c23-22(24)15-8-4-7-14(11-15)18-9-10-19(25-18)17-12-16(20-21-17)13-5-2-1-3-6-13/h1-11,17,21H,12H2. The van der Waals surface area contributed by atoms with Crippen molar-refractivity contribution in [1.82, 2.24) is 5.43 Å². The molecule has 4 rings (SSSR count). The average Bonchev–Trinajstić information content (AvgIpc) is 3.32. The van der Waals surface area contributed by atoms with Crippen molar-refractivity contribution in [3.05, 3.63) is 88.2 Å². The molecule has 0 spiro atoms. The molecule has 0 fully saturated rings. The molecule has 0 amide bonds. The third kappa shape index (κ3) is 3.01. The van der Waals surface area contributed by atoms with Gasteiger partial charge in [-0.3, -0.25) is 15.5 Å². The molecule has 0 bridgehead atoms. The summed E-state index contributed by atoms with van der Waals surface area (Å²) in [6.45, 7) is 0. The molecule has 1 aliphatic rings. The summed E-state index contributed by atoms with van der Waals surface area (Å²) in [6, 6.07) is 20.1. The second-order valence-corrected chi connectivity index (χ2v) is 5.82. The lowest BCUT2D eigenvalue weighted by molar-refractivity contribution is -0.384. The van der Waals surface area contributed by atoms with E-state index in [0.717, 1.165) is 23.5 Å². The van der Waals surface area contributed by atoms with Crippen LogP contribution in [-0.4, -0.2) is 10.6 Å². The Morgan fingerprint density at radius 1 is 1.04 bits per heavy atom. The van der Waals surface area contributed by atoms with Crippen molar-refractivity contribution in [2.75, 3.05) is 0 Å². The molecule has 25 heavy (non-hydrogen) atoms. The first-order chi connectivity index (χ1) is 12.2. The summed E-state index contributed by atoms with van der Waals surface area (Å²) in [4.78, 5) is 10.5. The van der Waals surface area contributed by atoms with E-state index in [1.165, 1.54) is 12.1 Å². The number of hydrogen-bond acceptors (Lipinski definition) is 5. The van der Waals surface area contributed by atoms with Gasteiger partial charge in [-0.05, 0) is 17.7 Å². The lowest BCUT2D eigenvalue weighted by Crippen LogP contribution is -2.08. The van der Waals surface area contributed by atoms with Gasteiger partial charge in [0.05, 0.1) is 10.6 Å². The first-order valence-corrected chi connectivity index (χ1v) is 7.93. The summed E-state index contributed by atoms with van der Waals surface area (Å²) < 4.78 is 5.91. The Balaban J connectivity index is 1.53. The summed E-state index contributed by atoms with van der Waals surface area (Å²) in [5.74, 6) is 1.37. The summed E-state index contributed by atoms with van der Waals surface area (Å²) >= 11 is 0. The van der Waals surface area contributed by atoms with Crippen molar-refractivity contribution in [1.29, 1.82) is 0 Å². The van der Waals surface area contributed by atoms with Crippen LogP contribution in [0.25, 0.3) is 11.3 Å². The van der Waals surface area contributed by atoms with Crippen LogP contribution in [-0.2, 0) is 0 Å². The van der Waals surface area contributed by atoms with Crippen LogP contribution in [0.4, 0.5) is 5.69 Å². The number of non-ortho nitro benzene ring substituents is 1. The molecule has 124 valence electrons. The third-order valence-electron chi connectivity index (χ3n) is 4.17. The normalized spacial score (nSPS) is 16.3. The average molecular weight is 333 g/mol. The van der Waals surface area contributed by atoms with Crippen LogP contribution in [0.5, 0.6) is 0 Å². The molecule has 0 radical (unpaired) electrons. The van der Waals surface area contributed by atoms with Gasteiger partial charge in [-0.15, -0.1) is 0 Å². The lowest BCUT2D eigenvalue weighted by Gasteiger charge is -2.06. The smallest absolute Gasteiger partial charge is 0.270 e. The molecular weight excluding hydrogens is 318 g/mol. The van der Waals surface area contributed by atoms with E-state index in [0.29, 0.717) is 11.3 Å². The Kier molecular flexibility index (Phi) is 3.78. The molecular formula is C19H15N3O3. The fourth-order valence-electron chi connectivity index (χ4n) is 2.89. The van der Waals surface area contributed by atoms with Gasteiger partial charge in [0.25, 0.3) is 5.69 Å². The van der Waals surface area contributed by atoms with E-state index in [4.69, 9.17) is 4.42 Å². The number of hydrazone groups is 1. The van der Waals surface area contributed by atoms with E-state index in [-0.39, 0.29) is 11.7 Å². The largest absolute Gasteiger partial charge is 0.459 e. The van der Waals surface area contributed by atoms with Gasteiger partial charge in [0.15, 0.2) is 0 Å². The summed E-state index contributed by atoms with van der Waals surface area (Å²) in [5.41, 5.74) is 5.90. The number of nitrogens with one attached hydrogen (secondary N) is 1. The first-order valence-electron chi connectivity index (χ1n) is 7.93. The minimum absolute atomic E-state index is 0.0392. The molecule has 1 atom stereocenters. The van der Waals surface area contributed by atoms with Crippen LogP contribution < -0.4 is 5.43 Å². The second-order valence-electron chi connectivity index (χ2n) is 5.82. The molecule has 0 saturated heterocycles. The van der Waals surface area contributed by atoms with Gasteiger partial charge in [0, 0.05) is 24.1 Å². The molecule has 1 N–H and O–H groups in total. The zero-order valence-electron chi connectivity index (χ0n) is 13.3. The van der Waals surface area contributed by atoms with Gasteiger partial charge >= 0.3 is 0 Å². The van der Waals surface area contributed by atoms with Crippen molar-refractivity contribution in [2.24, 2.45) is 5.10 Å². The van der Waals surface area contributed by atoms with E-state index < -0.39 is 4.92 Å². The highest BCUT2D eigenvalue weighted by atomic mass is 16.6. The number of hydrogen-bond donors (Lipinski definition) is 1. The predicted molar refractivity (Wildman–Crippen MR) is 94.3 cm³/mol.